The Hall–Kier alpha value is -1.02. The van der Waals surface area contributed by atoms with Gasteiger partial charge in [0.15, 0.2) is 16.6 Å². The summed E-state index contributed by atoms with van der Waals surface area (Å²) in [5.41, 5.74) is 0. The van der Waals surface area contributed by atoms with Crippen LogP contribution in [0.2, 0.25) is 90.7 Å². The summed E-state index contributed by atoms with van der Waals surface area (Å²) in [6.07, 6.45) is 1.36. The van der Waals surface area contributed by atoms with E-state index in [0.29, 0.717) is 25.9 Å². The van der Waals surface area contributed by atoms with Crippen molar-refractivity contribution in [1.29, 1.82) is 0 Å². The normalized spacial score (nSPS) is 13.3. The van der Waals surface area contributed by atoms with Crippen LogP contribution in [-0.4, -0.2) is 101 Å². The quantitative estimate of drug-likeness (QED) is 0.0787. The molecule has 0 atom stereocenters. The molecule has 0 aromatic heterocycles. The van der Waals surface area contributed by atoms with E-state index in [1.54, 1.807) is 13.8 Å². The van der Waals surface area contributed by atoms with Crippen molar-refractivity contribution in [3.05, 3.63) is 0 Å². The maximum atomic E-state index is 11.8. The van der Waals surface area contributed by atoms with Crippen molar-refractivity contribution in [3.8, 4) is 0 Å². The summed E-state index contributed by atoms with van der Waals surface area (Å²) in [6.45, 7) is 29.1. The monoisotopic (exact) mass is 744 g/mol. The molecule has 0 heterocycles. The van der Waals surface area contributed by atoms with Crippen LogP contribution in [0.5, 0.6) is 0 Å². The van der Waals surface area contributed by atoms with Crippen molar-refractivity contribution in [1.82, 2.24) is 10.6 Å². The summed E-state index contributed by atoms with van der Waals surface area (Å²) in [6, 6.07) is 1.58. The van der Waals surface area contributed by atoms with Crippen LogP contribution in [0.4, 0.5) is 0 Å². The summed E-state index contributed by atoms with van der Waals surface area (Å²) in [5, 5.41) is 5.20. The van der Waals surface area contributed by atoms with E-state index in [-0.39, 0.29) is 13.2 Å². The zero-order valence-electron chi connectivity index (χ0n) is 30.1. The summed E-state index contributed by atoms with van der Waals surface area (Å²) in [4.78, 5) is 46.5. The highest BCUT2D eigenvalue weighted by Gasteiger charge is 2.47. The first-order valence-corrected chi connectivity index (χ1v) is 33.2. The van der Waals surface area contributed by atoms with Gasteiger partial charge in [0.1, 0.15) is 0 Å². The number of carbonyl (C=O) groups is 4. The van der Waals surface area contributed by atoms with Gasteiger partial charge >= 0.3 is 58.0 Å². The molecule has 0 aliphatic rings. The first-order chi connectivity index (χ1) is 20.3. The molecule has 0 saturated carbocycles. The fourth-order valence-corrected chi connectivity index (χ4v) is 35.2. The second kappa shape index (κ2) is 18.5. The average molecular weight is 745 g/mol. The van der Waals surface area contributed by atoms with Crippen LogP contribution in [0.3, 0.4) is 0 Å². The molecule has 0 unspecified atom stereocenters. The highest BCUT2D eigenvalue weighted by molar-refractivity contribution is 6.91. The standard InChI is InChI=1S/C26H60N2O11Si6/c1-15-33-25(31)23(29)27-19-17-21-40(3,4)35-42(7,8)37-44(11,12)39-45(13,14)38-43(9,10)36-41(5,6)22-18-20-28-24(30)26(32)34-16-2/h15-22H2,1-14H3,(H,27,29)(H,28,30). The maximum absolute atomic E-state index is 11.8. The smallest absolute Gasteiger partial charge is 0.396 e. The third-order valence-corrected chi connectivity index (χ3v) is 29.2. The Bertz CT molecular complexity index is 918. The van der Waals surface area contributed by atoms with Crippen LogP contribution in [0.1, 0.15) is 26.7 Å². The Kier molecular flexibility index (Phi) is 18.1. The summed E-state index contributed by atoms with van der Waals surface area (Å²) in [5.74, 6) is -3.19. The van der Waals surface area contributed by atoms with E-state index in [4.69, 9.17) is 30.0 Å². The van der Waals surface area contributed by atoms with Gasteiger partial charge in [-0.3, -0.25) is 9.59 Å². The predicted octanol–water partition coefficient (Wildman–Crippen LogP) is 4.43. The number of nitrogens with one attached hydrogen (secondary N) is 2. The van der Waals surface area contributed by atoms with Gasteiger partial charge in [0.2, 0.25) is 0 Å². The van der Waals surface area contributed by atoms with Crippen LogP contribution < -0.4 is 10.6 Å². The number of rotatable bonds is 20. The van der Waals surface area contributed by atoms with Crippen LogP contribution in [0.15, 0.2) is 0 Å². The van der Waals surface area contributed by atoms with Crippen molar-refractivity contribution in [3.63, 3.8) is 0 Å². The molecule has 2 N–H and O–H groups in total. The van der Waals surface area contributed by atoms with Gasteiger partial charge in [-0.2, -0.15) is 0 Å². The third-order valence-electron chi connectivity index (χ3n) is 5.92. The molecule has 0 fully saturated rings. The lowest BCUT2D eigenvalue weighted by molar-refractivity contribution is -0.154. The predicted molar refractivity (Wildman–Crippen MR) is 188 cm³/mol. The SMILES string of the molecule is CCOC(=O)C(=O)NCCC[Si](C)(C)O[Si](C)(C)O[Si](C)(C)O[Si](C)(C)O[Si](C)(C)O[Si](C)(C)CCCNC(=O)C(=O)OCC. The molecular weight excluding hydrogens is 685 g/mol. The second-order valence-electron chi connectivity index (χ2n) is 13.8. The molecule has 0 saturated heterocycles. The van der Waals surface area contributed by atoms with E-state index in [2.05, 4.69) is 36.8 Å². The van der Waals surface area contributed by atoms with E-state index in [1.807, 2.05) is 52.4 Å². The summed E-state index contributed by atoms with van der Waals surface area (Å²) < 4.78 is 42.6. The van der Waals surface area contributed by atoms with E-state index in [9.17, 15) is 19.2 Å². The fraction of sp³-hybridized carbons (Fsp3) is 0.846. The number of carbonyl (C=O) groups excluding carboxylic acids is 4. The average Bonchev–Trinajstić information content (AvgIpc) is 2.80. The van der Waals surface area contributed by atoms with Gasteiger partial charge in [0, 0.05) is 13.1 Å². The topological polar surface area (TPSA) is 157 Å². The first-order valence-electron chi connectivity index (χ1n) is 15.7. The van der Waals surface area contributed by atoms with Gasteiger partial charge in [-0.1, -0.05) is 0 Å². The Balaban J connectivity index is 4.96. The van der Waals surface area contributed by atoms with Crippen molar-refractivity contribution in [2.45, 2.75) is 117 Å². The molecular formula is C26H60N2O11Si6. The molecule has 13 nitrogen and oxygen atoms in total. The lowest BCUT2D eigenvalue weighted by atomic mass is 10.4. The molecule has 0 aliphatic heterocycles. The zero-order valence-corrected chi connectivity index (χ0v) is 36.1. The summed E-state index contributed by atoms with van der Waals surface area (Å²) >= 11 is 0. The van der Waals surface area contributed by atoms with Gasteiger partial charge in [-0.05, 0) is 117 Å². The van der Waals surface area contributed by atoms with E-state index in [0.717, 1.165) is 12.1 Å². The Labute approximate surface area is 277 Å². The first kappa shape index (κ1) is 44.0. The molecule has 0 spiro atoms. The number of hydrogen-bond acceptors (Lipinski definition) is 11. The highest BCUT2D eigenvalue weighted by atomic mass is 28.5. The molecule has 0 aliphatic carbocycles. The zero-order chi connectivity index (χ0) is 35.3. The molecule has 0 aromatic carbocycles. The number of ether oxygens (including phenoxy) is 2. The molecule has 19 heteroatoms. The van der Waals surface area contributed by atoms with Crippen molar-refractivity contribution >= 4 is 74.6 Å². The Morgan fingerprint density at radius 1 is 0.467 bits per heavy atom. The molecule has 0 bridgehead atoms. The number of esters is 2. The van der Waals surface area contributed by atoms with E-state index in [1.165, 1.54) is 0 Å². The van der Waals surface area contributed by atoms with Crippen molar-refractivity contribution in [2.24, 2.45) is 0 Å². The van der Waals surface area contributed by atoms with Crippen LogP contribution in [-0.2, 0) is 49.2 Å². The lowest BCUT2D eigenvalue weighted by Gasteiger charge is -2.43. The van der Waals surface area contributed by atoms with Gasteiger partial charge in [0.05, 0.1) is 13.2 Å². The molecule has 2 amide bonds. The molecule has 0 aromatic rings. The third kappa shape index (κ3) is 20.8. The highest BCUT2D eigenvalue weighted by Crippen LogP contribution is 2.29. The van der Waals surface area contributed by atoms with E-state index < -0.39 is 74.6 Å². The minimum absolute atomic E-state index is 0.160. The Morgan fingerprint density at radius 2 is 0.733 bits per heavy atom. The van der Waals surface area contributed by atoms with Gasteiger partial charge < -0.3 is 40.7 Å². The van der Waals surface area contributed by atoms with Crippen molar-refractivity contribution in [2.75, 3.05) is 26.3 Å². The van der Waals surface area contributed by atoms with Crippen LogP contribution >= 0.6 is 0 Å². The van der Waals surface area contributed by atoms with Gasteiger partial charge in [-0.25, -0.2) is 9.59 Å². The molecule has 0 radical (unpaired) electrons. The largest absolute Gasteiger partial charge is 0.459 e. The summed E-state index contributed by atoms with van der Waals surface area (Å²) in [7, 11) is -14.8. The second-order valence-corrected chi connectivity index (χ2v) is 37.1. The maximum Gasteiger partial charge on any atom is 0.396 e. The number of amides is 2. The fourth-order valence-electron chi connectivity index (χ4n) is 5.26. The Morgan fingerprint density at radius 3 is 1.00 bits per heavy atom. The number of hydrogen-bond donors (Lipinski definition) is 2. The lowest BCUT2D eigenvalue weighted by Crippen LogP contribution is -2.60. The van der Waals surface area contributed by atoms with Gasteiger partial charge in [-0.15, -0.1) is 0 Å². The van der Waals surface area contributed by atoms with Crippen LogP contribution in [0.25, 0.3) is 0 Å². The molecule has 264 valence electrons. The minimum atomic E-state index is -2.67. The molecule has 0 rings (SSSR count). The van der Waals surface area contributed by atoms with Crippen molar-refractivity contribution < 1.29 is 49.2 Å². The van der Waals surface area contributed by atoms with Gasteiger partial charge in [0.25, 0.3) is 0 Å². The van der Waals surface area contributed by atoms with Crippen LogP contribution in [0, 0.1) is 0 Å². The molecule has 45 heavy (non-hydrogen) atoms. The minimum Gasteiger partial charge on any atom is -0.459 e. The van der Waals surface area contributed by atoms with E-state index >= 15 is 0 Å².